The van der Waals surface area contributed by atoms with E-state index in [9.17, 15) is 4.79 Å². The largest absolute Gasteiger partial charge is 0.493 e. The molecule has 2 aromatic carbocycles. The molecule has 0 fully saturated rings. The van der Waals surface area contributed by atoms with Crippen LogP contribution in [0.25, 0.3) is 0 Å². The third kappa shape index (κ3) is 5.46. The van der Waals surface area contributed by atoms with Gasteiger partial charge in [0.05, 0.1) is 13.0 Å². The number of halogens is 1. The molecule has 6 nitrogen and oxygen atoms in total. The van der Waals surface area contributed by atoms with Gasteiger partial charge in [-0.3, -0.25) is 4.79 Å². The van der Waals surface area contributed by atoms with Gasteiger partial charge in [-0.05, 0) is 42.5 Å². The van der Waals surface area contributed by atoms with Gasteiger partial charge in [0.1, 0.15) is 5.75 Å². The van der Waals surface area contributed by atoms with Gasteiger partial charge in [0.15, 0.2) is 11.6 Å². The van der Waals surface area contributed by atoms with E-state index in [1.54, 1.807) is 24.3 Å². The number of hydrogen-bond acceptors (Lipinski definition) is 5. The van der Waals surface area contributed by atoms with Crippen LogP contribution in [0.3, 0.4) is 0 Å². The van der Waals surface area contributed by atoms with Crippen LogP contribution in [0.2, 0.25) is 5.02 Å². The third-order valence-corrected chi connectivity index (χ3v) is 3.61. The van der Waals surface area contributed by atoms with Crippen molar-refractivity contribution in [2.45, 2.75) is 6.42 Å². The van der Waals surface area contributed by atoms with Crippen molar-refractivity contribution in [2.75, 3.05) is 17.2 Å². The fourth-order valence-electron chi connectivity index (χ4n) is 2.16. The molecule has 0 spiro atoms. The summed E-state index contributed by atoms with van der Waals surface area (Å²) in [6.07, 6.45) is 0.221. The summed E-state index contributed by atoms with van der Waals surface area (Å²) in [6, 6.07) is 20.0. The van der Waals surface area contributed by atoms with Crippen molar-refractivity contribution >= 4 is 34.8 Å². The van der Waals surface area contributed by atoms with E-state index in [1.807, 2.05) is 42.5 Å². The first kappa shape index (κ1) is 17.7. The SMILES string of the molecule is O=C(CCOc1ccccc1)Nc1ccc(Nc2cccc(Cl)c2)nn1. The fourth-order valence-corrected chi connectivity index (χ4v) is 2.35. The van der Waals surface area contributed by atoms with E-state index in [4.69, 9.17) is 16.3 Å². The number of amides is 1. The number of para-hydroxylation sites is 1. The minimum absolute atomic E-state index is 0.189. The van der Waals surface area contributed by atoms with Crippen molar-refractivity contribution in [2.24, 2.45) is 0 Å². The molecule has 0 bridgehead atoms. The molecule has 2 N–H and O–H groups in total. The first-order chi connectivity index (χ1) is 12.7. The number of carbonyl (C=O) groups excluding carboxylic acids is 1. The van der Waals surface area contributed by atoms with Crippen molar-refractivity contribution in [3.63, 3.8) is 0 Å². The van der Waals surface area contributed by atoms with Crippen LogP contribution >= 0.6 is 11.6 Å². The lowest BCUT2D eigenvalue weighted by Gasteiger charge is -2.08. The molecule has 0 aliphatic heterocycles. The average Bonchev–Trinajstić information content (AvgIpc) is 2.64. The number of hydrogen-bond donors (Lipinski definition) is 2. The van der Waals surface area contributed by atoms with Crippen LogP contribution in [0.1, 0.15) is 6.42 Å². The van der Waals surface area contributed by atoms with E-state index in [1.165, 1.54) is 0 Å². The number of nitrogens with zero attached hydrogens (tertiary/aromatic N) is 2. The van der Waals surface area contributed by atoms with Gasteiger partial charge in [-0.2, -0.15) is 0 Å². The first-order valence-corrected chi connectivity index (χ1v) is 8.41. The molecule has 0 unspecified atom stereocenters. The summed E-state index contributed by atoms with van der Waals surface area (Å²) in [5, 5.41) is 14.4. The molecular weight excluding hydrogens is 352 g/mol. The lowest BCUT2D eigenvalue weighted by Crippen LogP contribution is -2.16. The maximum absolute atomic E-state index is 11.9. The van der Waals surface area contributed by atoms with Crippen LogP contribution in [-0.2, 0) is 4.79 Å². The second-order valence-electron chi connectivity index (χ2n) is 5.40. The highest BCUT2D eigenvalue weighted by Gasteiger charge is 2.05. The predicted octanol–water partition coefficient (Wildman–Crippen LogP) is 4.28. The van der Waals surface area contributed by atoms with Gasteiger partial charge in [-0.1, -0.05) is 35.9 Å². The van der Waals surface area contributed by atoms with E-state index in [-0.39, 0.29) is 18.9 Å². The molecular formula is C19H17ClN4O2. The molecule has 7 heteroatoms. The number of anilines is 3. The summed E-state index contributed by atoms with van der Waals surface area (Å²) in [5.41, 5.74) is 0.807. The van der Waals surface area contributed by atoms with E-state index in [0.29, 0.717) is 16.7 Å². The number of nitrogens with one attached hydrogen (secondary N) is 2. The van der Waals surface area contributed by atoms with E-state index in [2.05, 4.69) is 20.8 Å². The van der Waals surface area contributed by atoms with Gasteiger partial charge in [0.25, 0.3) is 0 Å². The van der Waals surface area contributed by atoms with Gasteiger partial charge < -0.3 is 15.4 Å². The maximum Gasteiger partial charge on any atom is 0.229 e. The molecule has 26 heavy (non-hydrogen) atoms. The number of rotatable bonds is 7. The Morgan fingerprint density at radius 3 is 2.46 bits per heavy atom. The molecule has 0 aliphatic rings. The first-order valence-electron chi connectivity index (χ1n) is 8.03. The van der Waals surface area contributed by atoms with Crippen molar-refractivity contribution in [3.05, 3.63) is 71.8 Å². The molecule has 3 rings (SSSR count). The topological polar surface area (TPSA) is 76.1 Å². The molecule has 0 saturated carbocycles. The van der Waals surface area contributed by atoms with Crippen LogP contribution < -0.4 is 15.4 Å². The number of carbonyl (C=O) groups is 1. The predicted molar refractivity (Wildman–Crippen MR) is 102 cm³/mol. The molecule has 1 aromatic heterocycles. The summed E-state index contributed by atoms with van der Waals surface area (Å²) >= 11 is 5.94. The standard InChI is InChI=1S/C19H17ClN4O2/c20-14-5-4-6-15(13-14)21-17-9-10-18(24-23-17)22-19(25)11-12-26-16-7-2-1-3-8-16/h1-10,13H,11-12H2,(H,21,23)(H,22,24,25). The van der Waals surface area contributed by atoms with E-state index < -0.39 is 0 Å². The monoisotopic (exact) mass is 368 g/mol. The summed E-state index contributed by atoms with van der Waals surface area (Å²) in [4.78, 5) is 11.9. The maximum atomic E-state index is 11.9. The van der Waals surface area contributed by atoms with Crippen molar-refractivity contribution in [1.82, 2.24) is 10.2 Å². The van der Waals surface area contributed by atoms with Crippen LogP contribution in [-0.4, -0.2) is 22.7 Å². The Balaban J connectivity index is 1.46. The second-order valence-corrected chi connectivity index (χ2v) is 5.84. The van der Waals surface area contributed by atoms with Gasteiger partial charge in [-0.25, -0.2) is 0 Å². The Bertz CT molecular complexity index is 857. The van der Waals surface area contributed by atoms with Gasteiger partial charge >= 0.3 is 0 Å². The average molecular weight is 369 g/mol. The summed E-state index contributed by atoms with van der Waals surface area (Å²) < 4.78 is 5.49. The highest BCUT2D eigenvalue weighted by molar-refractivity contribution is 6.30. The quantitative estimate of drug-likeness (QED) is 0.651. The molecule has 0 saturated heterocycles. The summed E-state index contributed by atoms with van der Waals surface area (Å²) in [6.45, 7) is 0.289. The Kier molecular flexibility index (Phi) is 6.01. The molecule has 3 aromatic rings. The van der Waals surface area contributed by atoms with Gasteiger partial charge in [0.2, 0.25) is 5.91 Å². The van der Waals surface area contributed by atoms with Crippen LogP contribution in [0.4, 0.5) is 17.3 Å². The van der Waals surface area contributed by atoms with Gasteiger partial charge in [0, 0.05) is 10.7 Å². The normalized spacial score (nSPS) is 10.2. The number of benzene rings is 2. The molecule has 1 amide bonds. The zero-order chi connectivity index (χ0) is 18.2. The smallest absolute Gasteiger partial charge is 0.229 e. The molecule has 1 heterocycles. The molecule has 0 atom stereocenters. The minimum atomic E-state index is -0.189. The molecule has 0 radical (unpaired) electrons. The van der Waals surface area contributed by atoms with Crippen molar-refractivity contribution < 1.29 is 9.53 Å². The summed E-state index contributed by atoms with van der Waals surface area (Å²) in [7, 11) is 0. The fraction of sp³-hybridized carbons (Fsp3) is 0.105. The van der Waals surface area contributed by atoms with Gasteiger partial charge in [-0.15, -0.1) is 10.2 Å². The Morgan fingerprint density at radius 1 is 0.962 bits per heavy atom. The second kappa shape index (κ2) is 8.82. The summed E-state index contributed by atoms with van der Waals surface area (Å²) in [5.74, 6) is 1.48. The van der Waals surface area contributed by atoms with Crippen molar-refractivity contribution in [3.8, 4) is 5.75 Å². The number of aromatic nitrogens is 2. The zero-order valence-electron chi connectivity index (χ0n) is 13.9. The minimum Gasteiger partial charge on any atom is -0.493 e. The Labute approximate surface area is 156 Å². The van der Waals surface area contributed by atoms with E-state index >= 15 is 0 Å². The molecule has 0 aliphatic carbocycles. The number of ether oxygens (including phenoxy) is 1. The Morgan fingerprint density at radius 2 is 1.73 bits per heavy atom. The Hall–Kier alpha value is -3.12. The third-order valence-electron chi connectivity index (χ3n) is 3.37. The lowest BCUT2D eigenvalue weighted by atomic mass is 10.3. The molecule has 132 valence electrons. The highest BCUT2D eigenvalue weighted by Crippen LogP contribution is 2.19. The van der Waals surface area contributed by atoms with Crippen LogP contribution in [0.5, 0.6) is 5.75 Å². The zero-order valence-corrected chi connectivity index (χ0v) is 14.6. The lowest BCUT2D eigenvalue weighted by molar-refractivity contribution is -0.116. The van der Waals surface area contributed by atoms with E-state index in [0.717, 1.165) is 11.4 Å². The van der Waals surface area contributed by atoms with Crippen LogP contribution in [0, 0.1) is 0 Å². The highest BCUT2D eigenvalue weighted by atomic mass is 35.5. The van der Waals surface area contributed by atoms with Crippen molar-refractivity contribution in [1.29, 1.82) is 0 Å². The van der Waals surface area contributed by atoms with Crippen LogP contribution in [0.15, 0.2) is 66.7 Å².